The number of hydrogen-bond donors (Lipinski definition) is 2. The van der Waals surface area contributed by atoms with Gasteiger partial charge in [-0.2, -0.15) is 0 Å². The first-order chi connectivity index (χ1) is 12.9. The predicted molar refractivity (Wildman–Crippen MR) is 116 cm³/mol. The Hall–Kier alpha value is -2.33. The molecule has 0 radical (unpaired) electrons. The summed E-state index contributed by atoms with van der Waals surface area (Å²) >= 11 is 3.77. The van der Waals surface area contributed by atoms with E-state index in [4.69, 9.17) is 0 Å². The van der Waals surface area contributed by atoms with Crippen LogP contribution >= 0.6 is 15.9 Å². The van der Waals surface area contributed by atoms with Crippen molar-refractivity contribution in [2.45, 2.75) is 32.7 Å². The van der Waals surface area contributed by atoms with Gasteiger partial charge in [0.15, 0.2) is 5.78 Å². The summed E-state index contributed by atoms with van der Waals surface area (Å²) in [6, 6.07) is 18.1. The molecule has 1 heterocycles. The number of nitrogens with one attached hydrogen (secondary N) is 2. The first-order valence-corrected chi connectivity index (χ1v) is 10.0. The number of hydrogen-bond acceptors (Lipinski definition) is 3. The molecule has 2 aliphatic rings. The van der Waals surface area contributed by atoms with E-state index in [9.17, 15) is 4.79 Å². The molecule has 4 heteroatoms. The van der Waals surface area contributed by atoms with Crippen molar-refractivity contribution in [3.05, 3.63) is 75.9 Å². The minimum absolute atomic E-state index is 0.0393. The van der Waals surface area contributed by atoms with Gasteiger partial charge in [-0.05, 0) is 35.6 Å². The summed E-state index contributed by atoms with van der Waals surface area (Å²) in [6.45, 7) is 4.31. The first kappa shape index (κ1) is 18.1. The molecule has 2 N–H and O–H groups in total. The molecule has 2 aromatic carbocycles. The number of para-hydroxylation sites is 2. The second kappa shape index (κ2) is 7.01. The number of allylic oxidation sites excluding steroid dienone is 1. The number of benzene rings is 2. The van der Waals surface area contributed by atoms with Crippen molar-refractivity contribution in [1.82, 2.24) is 0 Å². The zero-order valence-corrected chi connectivity index (χ0v) is 17.1. The van der Waals surface area contributed by atoms with Crippen LogP contribution in [0.4, 0.5) is 11.4 Å². The lowest BCUT2D eigenvalue weighted by Crippen LogP contribution is -2.35. The lowest BCUT2D eigenvalue weighted by molar-refractivity contribution is -0.118. The number of carbonyl (C=O) groups is 1. The van der Waals surface area contributed by atoms with Crippen molar-refractivity contribution < 1.29 is 4.79 Å². The molecule has 3 nitrogen and oxygen atoms in total. The molecule has 1 atom stereocenters. The average molecular weight is 423 g/mol. The van der Waals surface area contributed by atoms with Gasteiger partial charge in [0.2, 0.25) is 0 Å². The molecule has 138 valence electrons. The summed E-state index contributed by atoms with van der Waals surface area (Å²) in [4.78, 5) is 13.1. The Morgan fingerprint density at radius 2 is 1.70 bits per heavy atom. The highest BCUT2D eigenvalue weighted by molar-refractivity contribution is 9.11. The van der Waals surface area contributed by atoms with Crippen LogP contribution in [0.2, 0.25) is 0 Å². The third-order valence-electron chi connectivity index (χ3n) is 5.10. The topological polar surface area (TPSA) is 41.1 Å². The summed E-state index contributed by atoms with van der Waals surface area (Å²) in [5.74, 6) is 0.206. The summed E-state index contributed by atoms with van der Waals surface area (Å²) in [6.07, 6.45) is 3.50. The number of rotatable bonds is 2. The maximum absolute atomic E-state index is 13.1. The van der Waals surface area contributed by atoms with Crippen molar-refractivity contribution >= 4 is 39.2 Å². The standard InChI is InChI=1S/C23H23BrN2O/c1-23(2)13-19-21(20(27)14-23)22(16(24)12-15-8-4-3-5-9-15)26-18-11-7-6-10-17(18)25-19/h3-12,22,25-26H,13-14H2,1-2H3/b16-12+/t22-/m1/s1. The molecular formula is C23H23BrN2O. The highest BCUT2D eigenvalue weighted by Gasteiger charge is 2.38. The van der Waals surface area contributed by atoms with Gasteiger partial charge in [-0.25, -0.2) is 0 Å². The van der Waals surface area contributed by atoms with Gasteiger partial charge in [-0.3, -0.25) is 4.79 Å². The molecule has 0 aromatic heterocycles. The minimum atomic E-state index is -0.208. The highest BCUT2D eigenvalue weighted by atomic mass is 79.9. The van der Waals surface area contributed by atoms with Crippen LogP contribution < -0.4 is 10.6 Å². The Labute approximate surface area is 168 Å². The van der Waals surface area contributed by atoms with E-state index in [0.29, 0.717) is 6.42 Å². The average Bonchev–Trinajstić information content (AvgIpc) is 2.78. The fraction of sp³-hybridized carbons (Fsp3) is 0.261. The number of carbonyl (C=O) groups excluding carboxylic acids is 1. The van der Waals surface area contributed by atoms with Crippen LogP contribution in [0.25, 0.3) is 6.08 Å². The number of anilines is 2. The molecule has 0 unspecified atom stereocenters. The summed E-state index contributed by atoms with van der Waals surface area (Å²) in [5.41, 5.74) is 4.94. The Morgan fingerprint density at radius 3 is 2.44 bits per heavy atom. The van der Waals surface area contributed by atoms with E-state index in [0.717, 1.165) is 39.1 Å². The molecule has 0 fully saturated rings. The SMILES string of the molecule is CC1(C)CC(=O)C2=C(C1)Nc1ccccc1N[C@@H]2/C(Br)=C\c1ccccc1. The van der Waals surface area contributed by atoms with E-state index in [1.807, 2.05) is 36.4 Å². The monoisotopic (exact) mass is 422 g/mol. The molecule has 0 saturated carbocycles. The maximum Gasteiger partial charge on any atom is 0.163 e. The number of fused-ring (bicyclic) bond motifs is 1. The Bertz CT molecular complexity index is 944. The Balaban J connectivity index is 1.83. The molecule has 4 rings (SSSR count). The molecule has 1 aliphatic heterocycles. The van der Waals surface area contributed by atoms with Crippen molar-refractivity contribution in [3.63, 3.8) is 0 Å². The number of ketones is 1. The van der Waals surface area contributed by atoms with Gasteiger partial charge in [0, 0.05) is 22.2 Å². The van der Waals surface area contributed by atoms with Crippen LogP contribution in [0.1, 0.15) is 32.3 Å². The van der Waals surface area contributed by atoms with Gasteiger partial charge >= 0.3 is 0 Å². The normalized spacial score (nSPS) is 21.5. The Morgan fingerprint density at radius 1 is 1.04 bits per heavy atom. The maximum atomic E-state index is 13.1. The Kier molecular flexibility index (Phi) is 4.68. The van der Waals surface area contributed by atoms with E-state index in [-0.39, 0.29) is 17.2 Å². The summed E-state index contributed by atoms with van der Waals surface area (Å²) < 4.78 is 0.952. The summed E-state index contributed by atoms with van der Waals surface area (Å²) in [7, 11) is 0. The minimum Gasteiger partial charge on any atom is -0.372 e. The first-order valence-electron chi connectivity index (χ1n) is 9.24. The third kappa shape index (κ3) is 3.72. The van der Waals surface area contributed by atoms with E-state index in [1.54, 1.807) is 0 Å². The fourth-order valence-corrected chi connectivity index (χ4v) is 4.50. The number of Topliss-reactive ketones (excluding diaryl/α,β-unsaturated/α-hetero) is 1. The van der Waals surface area contributed by atoms with Crippen LogP contribution in [0.15, 0.2) is 70.3 Å². The van der Waals surface area contributed by atoms with Gasteiger partial charge in [-0.1, -0.05) is 72.2 Å². The van der Waals surface area contributed by atoms with Gasteiger partial charge in [-0.15, -0.1) is 0 Å². The second-order valence-electron chi connectivity index (χ2n) is 8.02. The molecule has 1 aliphatic carbocycles. The zero-order chi connectivity index (χ0) is 19.0. The van der Waals surface area contributed by atoms with Crippen LogP contribution in [0.5, 0.6) is 0 Å². The van der Waals surface area contributed by atoms with E-state index in [2.05, 4.69) is 64.7 Å². The molecule has 0 bridgehead atoms. The van der Waals surface area contributed by atoms with E-state index >= 15 is 0 Å². The van der Waals surface area contributed by atoms with Crippen LogP contribution in [0, 0.1) is 5.41 Å². The van der Waals surface area contributed by atoms with Crippen LogP contribution in [-0.2, 0) is 4.79 Å². The lowest BCUT2D eigenvalue weighted by Gasteiger charge is -2.34. The van der Waals surface area contributed by atoms with Crippen molar-refractivity contribution in [3.8, 4) is 0 Å². The molecule has 27 heavy (non-hydrogen) atoms. The van der Waals surface area contributed by atoms with Gasteiger partial charge in [0.25, 0.3) is 0 Å². The highest BCUT2D eigenvalue weighted by Crippen LogP contribution is 2.43. The van der Waals surface area contributed by atoms with Gasteiger partial charge in [0.1, 0.15) is 0 Å². The van der Waals surface area contributed by atoms with Crippen molar-refractivity contribution in [2.24, 2.45) is 5.41 Å². The predicted octanol–water partition coefficient (Wildman–Crippen LogP) is 5.97. The second-order valence-corrected chi connectivity index (χ2v) is 8.94. The van der Waals surface area contributed by atoms with Crippen LogP contribution in [0.3, 0.4) is 0 Å². The molecule has 0 saturated heterocycles. The quantitative estimate of drug-likeness (QED) is 0.625. The largest absolute Gasteiger partial charge is 0.372 e. The molecular weight excluding hydrogens is 400 g/mol. The molecule has 0 spiro atoms. The van der Waals surface area contributed by atoms with Gasteiger partial charge in [0.05, 0.1) is 17.4 Å². The zero-order valence-electron chi connectivity index (χ0n) is 15.6. The molecule has 0 amide bonds. The third-order valence-corrected chi connectivity index (χ3v) is 5.79. The lowest BCUT2D eigenvalue weighted by atomic mass is 9.74. The fourth-order valence-electron chi connectivity index (χ4n) is 3.89. The number of halogens is 1. The van der Waals surface area contributed by atoms with E-state index < -0.39 is 0 Å². The smallest absolute Gasteiger partial charge is 0.163 e. The van der Waals surface area contributed by atoms with Crippen molar-refractivity contribution in [1.29, 1.82) is 0 Å². The van der Waals surface area contributed by atoms with Crippen LogP contribution in [-0.4, -0.2) is 11.8 Å². The van der Waals surface area contributed by atoms with Gasteiger partial charge < -0.3 is 10.6 Å². The summed E-state index contributed by atoms with van der Waals surface area (Å²) in [5, 5.41) is 7.12. The van der Waals surface area contributed by atoms with E-state index in [1.165, 1.54) is 0 Å². The molecule has 2 aromatic rings. The van der Waals surface area contributed by atoms with Crippen molar-refractivity contribution in [2.75, 3.05) is 10.6 Å².